The van der Waals surface area contributed by atoms with E-state index in [0.717, 1.165) is 88.4 Å². The van der Waals surface area contributed by atoms with Crippen LogP contribution in [0.1, 0.15) is 0 Å². The number of hydrogen-bond acceptors (Lipinski definition) is 3. The Bertz CT molecular complexity index is 3540. The molecule has 0 aliphatic rings. The van der Waals surface area contributed by atoms with Gasteiger partial charge >= 0.3 is 0 Å². The van der Waals surface area contributed by atoms with Gasteiger partial charge in [0.2, 0.25) is 0 Å². The molecule has 59 heavy (non-hydrogen) atoms. The number of fused-ring (bicyclic) bond motifs is 9. The summed E-state index contributed by atoms with van der Waals surface area (Å²) in [4.78, 5) is 2.36. The summed E-state index contributed by atoms with van der Waals surface area (Å²) < 4.78 is 12.9. The summed E-state index contributed by atoms with van der Waals surface area (Å²) in [6, 6.07) is 75.7. The Morgan fingerprint density at radius 1 is 0.305 bits per heavy atom. The molecule has 0 unspecified atom stereocenters. The second-order valence-corrected chi connectivity index (χ2v) is 15.3. The lowest BCUT2D eigenvalue weighted by Gasteiger charge is -2.26. The molecule has 3 heteroatoms. The molecule has 12 rings (SSSR count). The van der Waals surface area contributed by atoms with E-state index in [1.54, 1.807) is 0 Å². The predicted octanol–water partition coefficient (Wildman–Crippen LogP) is 16.3. The summed E-state index contributed by atoms with van der Waals surface area (Å²) in [5.74, 6) is 0. The van der Waals surface area contributed by atoms with Crippen molar-refractivity contribution < 1.29 is 8.83 Å². The zero-order valence-corrected chi connectivity index (χ0v) is 32.0. The number of anilines is 3. The first kappa shape index (κ1) is 33.3. The topological polar surface area (TPSA) is 29.5 Å². The van der Waals surface area contributed by atoms with Crippen LogP contribution in [0, 0.1) is 0 Å². The highest BCUT2D eigenvalue weighted by Crippen LogP contribution is 2.45. The molecule has 0 aliphatic carbocycles. The van der Waals surface area contributed by atoms with E-state index in [1.165, 1.54) is 27.5 Å². The first-order valence-corrected chi connectivity index (χ1v) is 20.1. The van der Waals surface area contributed by atoms with Crippen LogP contribution in [-0.4, -0.2) is 0 Å². The van der Waals surface area contributed by atoms with Crippen molar-refractivity contribution in [2.45, 2.75) is 0 Å². The summed E-state index contributed by atoms with van der Waals surface area (Å²) in [7, 11) is 0. The molecule has 0 aliphatic heterocycles. The molecule has 2 heterocycles. The van der Waals surface area contributed by atoms with Crippen molar-refractivity contribution in [1.29, 1.82) is 0 Å². The smallest absolute Gasteiger partial charge is 0.143 e. The summed E-state index contributed by atoms with van der Waals surface area (Å²) in [5.41, 5.74) is 13.8. The normalized spacial score (nSPS) is 11.7. The van der Waals surface area contributed by atoms with Crippen LogP contribution in [0.15, 0.2) is 221 Å². The van der Waals surface area contributed by atoms with Gasteiger partial charge in [-0.25, -0.2) is 0 Å². The van der Waals surface area contributed by atoms with Crippen molar-refractivity contribution in [2.24, 2.45) is 0 Å². The quantitative estimate of drug-likeness (QED) is 0.169. The molecule has 10 aromatic carbocycles. The maximum absolute atomic E-state index is 6.68. The van der Waals surface area contributed by atoms with Crippen molar-refractivity contribution in [3.05, 3.63) is 212 Å². The van der Waals surface area contributed by atoms with E-state index < -0.39 is 0 Å². The third-order valence-corrected chi connectivity index (χ3v) is 11.9. The Morgan fingerprint density at radius 3 is 1.61 bits per heavy atom. The van der Waals surface area contributed by atoms with E-state index >= 15 is 0 Å². The van der Waals surface area contributed by atoms with E-state index in [2.05, 4.69) is 205 Å². The lowest BCUT2D eigenvalue weighted by Crippen LogP contribution is -2.10. The minimum absolute atomic E-state index is 0.858. The number of nitrogens with zero attached hydrogens (tertiary/aromatic N) is 1. The van der Waals surface area contributed by atoms with Crippen molar-refractivity contribution in [1.82, 2.24) is 0 Å². The minimum Gasteiger partial charge on any atom is -0.456 e. The van der Waals surface area contributed by atoms with Gasteiger partial charge in [-0.15, -0.1) is 0 Å². The molecule has 0 amide bonds. The van der Waals surface area contributed by atoms with Gasteiger partial charge in [0.05, 0.1) is 11.1 Å². The highest BCUT2D eigenvalue weighted by Gasteiger charge is 2.21. The van der Waals surface area contributed by atoms with Gasteiger partial charge in [-0.05, 0) is 110 Å². The van der Waals surface area contributed by atoms with Gasteiger partial charge in [-0.3, -0.25) is 0 Å². The predicted molar refractivity (Wildman–Crippen MR) is 247 cm³/mol. The van der Waals surface area contributed by atoms with Crippen LogP contribution in [0.25, 0.3) is 98.8 Å². The van der Waals surface area contributed by atoms with Gasteiger partial charge < -0.3 is 13.7 Å². The van der Waals surface area contributed by atoms with E-state index in [-0.39, 0.29) is 0 Å². The molecule has 12 aromatic rings. The van der Waals surface area contributed by atoms with Gasteiger partial charge in [0, 0.05) is 32.9 Å². The van der Waals surface area contributed by atoms with Crippen molar-refractivity contribution in [3.8, 4) is 33.4 Å². The standard InChI is InChI=1S/C56H35NO2/c1-2-11-42-35-43(24-23-36(42)9-1)39-21-19-37(20-22-39)38-25-30-44(31-26-38)57(50-15-8-18-53-55(50)49-34-29-40-10-3-4-12-47(40)56(49)59-53)45-32-27-41(28-33-45)46-14-7-17-52-54(46)48-13-5-6-16-51(48)58-52/h1-35H. The summed E-state index contributed by atoms with van der Waals surface area (Å²) in [6.07, 6.45) is 0. The maximum atomic E-state index is 6.68. The molecular formula is C56H35NO2. The number of rotatable bonds is 6. The van der Waals surface area contributed by atoms with Crippen molar-refractivity contribution in [3.63, 3.8) is 0 Å². The fourth-order valence-corrected chi connectivity index (χ4v) is 8.98. The Hall–Kier alpha value is -7.88. The van der Waals surface area contributed by atoms with Gasteiger partial charge in [0.1, 0.15) is 22.3 Å². The first-order valence-electron chi connectivity index (χ1n) is 20.1. The highest BCUT2D eigenvalue weighted by atomic mass is 16.3. The molecule has 276 valence electrons. The van der Waals surface area contributed by atoms with Gasteiger partial charge in [0.25, 0.3) is 0 Å². The zero-order chi connectivity index (χ0) is 38.9. The molecule has 0 N–H and O–H groups in total. The Morgan fingerprint density at radius 2 is 0.847 bits per heavy atom. The third-order valence-electron chi connectivity index (χ3n) is 11.9. The summed E-state index contributed by atoms with van der Waals surface area (Å²) >= 11 is 0. The van der Waals surface area contributed by atoms with Crippen molar-refractivity contribution in [2.75, 3.05) is 4.90 Å². The molecule has 2 aromatic heterocycles. The molecule has 0 spiro atoms. The van der Waals surface area contributed by atoms with Crippen LogP contribution in [0.3, 0.4) is 0 Å². The van der Waals surface area contributed by atoms with Crippen LogP contribution in [0.4, 0.5) is 17.1 Å². The SMILES string of the molecule is c1ccc2cc(-c3ccc(-c4ccc(N(c5ccc(-c6cccc7oc8ccccc8c67)cc5)c5cccc6oc7c8ccccc8ccc7c56)cc4)cc3)ccc2c1. The van der Waals surface area contributed by atoms with Crippen LogP contribution in [0.5, 0.6) is 0 Å². The van der Waals surface area contributed by atoms with Gasteiger partial charge in [-0.2, -0.15) is 0 Å². The Labute approximate surface area is 340 Å². The third kappa shape index (κ3) is 5.51. The second kappa shape index (κ2) is 13.4. The number of benzene rings is 10. The van der Waals surface area contributed by atoms with Gasteiger partial charge in [-0.1, -0.05) is 152 Å². The number of furan rings is 2. The average Bonchev–Trinajstić information content (AvgIpc) is 3.89. The van der Waals surface area contributed by atoms with Crippen molar-refractivity contribution >= 4 is 82.5 Å². The van der Waals surface area contributed by atoms with E-state index in [4.69, 9.17) is 8.83 Å². The molecule has 0 saturated heterocycles. The lowest BCUT2D eigenvalue weighted by atomic mass is 9.98. The Kier molecular flexibility index (Phi) is 7.54. The molecule has 0 fully saturated rings. The lowest BCUT2D eigenvalue weighted by molar-refractivity contribution is 0.669. The van der Waals surface area contributed by atoms with Crippen LogP contribution >= 0.6 is 0 Å². The van der Waals surface area contributed by atoms with Crippen LogP contribution < -0.4 is 4.90 Å². The van der Waals surface area contributed by atoms with E-state index in [1.807, 2.05) is 12.1 Å². The van der Waals surface area contributed by atoms with Crippen LogP contribution in [0.2, 0.25) is 0 Å². The zero-order valence-electron chi connectivity index (χ0n) is 32.0. The molecule has 3 nitrogen and oxygen atoms in total. The summed E-state index contributed by atoms with van der Waals surface area (Å²) in [6.45, 7) is 0. The largest absolute Gasteiger partial charge is 0.456 e. The van der Waals surface area contributed by atoms with E-state index in [0.29, 0.717) is 0 Å². The van der Waals surface area contributed by atoms with E-state index in [9.17, 15) is 0 Å². The maximum Gasteiger partial charge on any atom is 0.143 e. The average molecular weight is 754 g/mol. The molecule has 0 bridgehead atoms. The molecule has 0 saturated carbocycles. The molecule has 0 radical (unpaired) electrons. The monoisotopic (exact) mass is 753 g/mol. The Balaban J connectivity index is 0.969. The minimum atomic E-state index is 0.858. The highest BCUT2D eigenvalue weighted by molar-refractivity contribution is 6.19. The van der Waals surface area contributed by atoms with Crippen LogP contribution in [-0.2, 0) is 0 Å². The second-order valence-electron chi connectivity index (χ2n) is 15.3. The summed E-state index contributed by atoms with van der Waals surface area (Å²) in [5, 5.41) is 9.21. The fraction of sp³-hybridized carbons (Fsp3) is 0. The fourth-order valence-electron chi connectivity index (χ4n) is 8.98. The van der Waals surface area contributed by atoms with Gasteiger partial charge in [0.15, 0.2) is 0 Å². The molecular weight excluding hydrogens is 719 g/mol. The number of para-hydroxylation sites is 1. The molecule has 0 atom stereocenters. The first-order chi connectivity index (χ1) is 29.2. The number of hydrogen-bond donors (Lipinski definition) is 0.